The van der Waals surface area contributed by atoms with Crippen LogP contribution in [0, 0.1) is 12.3 Å². The van der Waals surface area contributed by atoms with Crippen molar-refractivity contribution in [2.75, 3.05) is 38.5 Å². The Morgan fingerprint density at radius 3 is 2.38 bits per heavy atom. The van der Waals surface area contributed by atoms with E-state index >= 15 is 0 Å². The maximum absolute atomic E-state index is 12.8. The highest BCUT2D eigenvalue weighted by Gasteiger charge is 2.40. The summed E-state index contributed by atoms with van der Waals surface area (Å²) in [5, 5.41) is 3.00. The predicted octanol–water partition coefficient (Wildman–Crippen LogP) is 2.30. The molecule has 0 atom stereocenters. The van der Waals surface area contributed by atoms with Gasteiger partial charge in [-0.15, -0.1) is 0 Å². The first-order chi connectivity index (χ1) is 11.3. The van der Waals surface area contributed by atoms with Gasteiger partial charge >= 0.3 is 0 Å². The summed E-state index contributed by atoms with van der Waals surface area (Å²) in [7, 11) is 2.05. The minimum Gasteiger partial charge on any atom is -0.339 e. The van der Waals surface area contributed by atoms with Crippen LogP contribution in [0.25, 0.3) is 0 Å². The number of amides is 2. The number of hydrogen-bond donors (Lipinski definition) is 1. The van der Waals surface area contributed by atoms with E-state index in [1.807, 2.05) is 32.2 Å². The minimum absolute atomic E-state index is 0.0975. The summed E-state index contributed by atoms with van der Waals surface area (Å²) < 4.78 is 0. The van der Waals surface area contributed by atoms with Crippen molar-refractivity contribution in [2.24, 2.45) is 5.41 Å². The Hall–Kier alpha value is -1.88. The number of rotatable bonds is 4. The van der Waals surface area contributed by atoms with Gasteiger partial charge in [-0.3, -0.25) is 9.59 Å². The molecule has 5 heteroatoms. The molecular formula is C19H29N3O2. The van der Waals surface area contributed by atoms with Crippen molar-refractivity contribution >= 4 is 17.5 Å². The highest BCUT2D eigenvalue weighted by molar-refractivity contribution is 6.10. The van der Waals surface area contributed by atoms with Crippen molar-refractivity contribution in [3.05, 3.63) is 29.3 Å². The molecule has 0 unspecified atom stereocenters. The predicted molar refractivity (Wildman–Crippen MR) is 97.0 cm³/mol. The molecule has 1 aliphatic rings. The maximum atomic E-state index is 12.8. The van der Waals surface area contributed by atoms with Crippen LogP contribution in [0.3, 0.4) is 0 Å². The monoisotopic (exact) mass is 331 g/mol. The summed E-state index contributed by atoms with van der Waals surface area (Å²) in [5.74, 6) is -0.338. The topological polar surface area (TPSA) is 52.7 Å². The van der Waals surface area contributed by atoms with Gasteiger partial charge in [-0.1, -0.05) is 25.1 Å². The summed E-state index contributed by atoms with van der Waals surface area (Å²) >= 11 is 0. The Morgan fingerprint density at radius 1 is 1.17 bits per heavy atom. The van der Waals surface area contributed by atoms with Crippen LogP contribution in [-0.4, -0.2) is 54.8 Å². The zero-order valence-corrected chi connectivity index (χ0v) is 15.5. The van der Waals surface area contributed by atoms with Crippen LogP contribution in [0.1, 0.15) is 31.9 Å². The lowest BCUT2D eigenvalue weighted by Gasteiger charge is -2.36. The van der Waals surface area contributed by atoms with Gasteiger partial charge in [0, 0.05) is 31.9 Å². The molecule has 1 heterocycles. The molecule has 1 saturated heterocycles. The van der Waals surface area contributed by atoms with E-state index in [1.165, 1.54) is 0 Å². The number of para-hydroxylation sites is 1. The van der Waals surface area contributed by atoms with Crippen LogP contribution in [0.5, 0.6) is 0 Å². The molecule has 2 rings (SSSR count). The largest absolute Gasteiger partial charge is 0.339 e. The molecule has 0 saturated carbocycles. The molecule has 0 aliphatic carbocycles. The van der Waals surface area contributed by atoms with Crippen LogP contribution >= 0.6 is 0 Å². The van der Waals surface area contributed by atoms with E-state index in [1.54, 1.807) is 18.7 Å². The fourth-order valence-electron chi connectivity index (χ4n) is 2.97. The number of hydrogen-bond acceptors (Lipinski definition) is 3. The quantitative estimate of drug-likeness (QED) is 0.861. The second-order valence-electron chi connectivity index (χ2n) is 7.14. The molecule has 0 spiro atoms. The van der Waals surface area contributed by atoms with Gasteiger partial charge in [-0.25, -0.2) is 0 Å². The summed E-state index contributed by atoms with van der Waals surface area (Å²) in [6.07, 6.45) is 0.837. The third-order valence-electron chi connectivity index (χ3n) is 4.87. The molecule has 132 valence electrons. The van der Waals surface area contributed by atoms with Crippen molar-refractivity contribution in [2.45, 2.75) is 34.1 Å². The van der Waals surface area contributed by atoms with Gasteiger partial charge in [-0.05, 0) is 45.4 Å². The first kappa shape index (κ1) is 18.5. The van der Waals surface area contributed by atoms with Crippen LogP contribution in [0.4, 0.5) is 5.69 Å². The van der Waals surface area contributed by atoms with Gasteiger partial charge < -0.3 is 15.1 Å². The Bertz CT molecular complexity index is 617. The molecule has 1 fully saturated rings. The zero-order valence-electron chi connectivity index (χ0n) is 15.5. The molecular weight excluding hydrogens is 302 g/mol. The zero-order chi connectivity index (χ0) is 17.9. The standard InChI is InChI=1S/C19H29N3O2/c1-6-15-9-7-8-14(2)16(15)20-17(23)19(3,4)18(24)22-12-10-21(5)11-13-22/h7-9H,6,10-13H2,1-5H3,(H,20,23). The fraction of sp³-hybridized carbons (Fsp3) is 0.579. The van der Waals surface area contributed by atoms with E-state index in [2.05, 4.69) is 17.1 Å². The van der Waals surface area contributed by atoms with E-state index < -0.39 is 5.41 Å². The number of nitrogens with one attached hydrogen (secondary N) is 1. The summed E-state index contributed by atoms with van der Waals surface area (Å²) in [5.41, 5.74) is 1.87. The van der Waals surface area contributed by atoms with Crippen LogP contribution in [0.2, 0.25) is 0 Å². The molecule has 1 aromatic carbocycles. The Kier molecular flexibility index (Phi) is 5.65. The molecule has 1 aromatic rings. The van der Waals surface area contributed by atoms with E-state index in [0.717, 1.165) is 36.3 Å². The molecule has 0 radical (unpaired) electrons. The molecule has 0 aromatic heterocycles. The smallest absolute Gasteiger partial charge is 0.239 e. The number of carbonyl (C=O) groups is 2. The normalized spacial score (nSPS) is 16.1. The second kappa shape index (κ2) is 7.34. The Balaban J connectivity index is 2.14. The lowest BCUT2D eigenvalue weighted by atomic mass is 9.89. The molecule has 0 bridgehead atoms. The van der Waals surface area contributed by atoms with Gasteiger partial charge in [0.05, 0.1) is 0 Å². The lowest BCUT2D eigenvalue weighted by molar-refractivity contribution is -0.147. The van der Waals surface area contributed by atoms with E-state index in [4.69, 9.17) is 0 Å². The highest BCUT2D eigenvalue weighted by Crippen LogP contribution is 2.26. The SMILES string of the molecule is CCc1cccc(C)c1NC(=O)C(C)(C)C(=O)N1CCN(C)CC1. The first-order valence-electron chi connectivity index (χ1n) is 8.65. The second-order valence-corrected chi connectivity index (χ2v) is 7.14. The van der Waals surface area contributed by atoms with Crippen molar-refractivity contribution in [3.8, 4) is 0 Å². The number of piperazine rings is 1. The number of carbonyl (C=O) groups excluding carboxylic acids is 2. The third-order valence-corrected chi connectivity index (χ3v) is 4.87. The lowest BCUT2D eigenvalue weighted by Crippen LogP contribution is -2.53. The van der Waals surface area contributed by atoms with Crippen LogP contribution in [-0.2, 0) is 16.0 Å². The number of anilines is 1. The van der Waals surface area contributed by atoms with Gasteiger partial charge in [-0.2, -0.15) is 0 Å². The van der Waals surface area contributed by atoms with Gasteiger partial charge in [0.1, 0.15) is 5.41 Å². The fourth-order valence-corrected chi connectivity index (χ4v) is 2.97. The van der Waals surface area contributed by atoms with Crippen molar-refractivity contribution in [3.63, 3.8) is 0 Å². The molecule has 24 heavy (non-hydrogen) atoms. The number of nitrogens with zero attached hydrogens (tertiary/aromatic N) is 2. The molecule has 1 aliphatic heterocycles. The highest BCUT2D eigenvalue weighted by atomic mass is 16.2. The molecule has 5 nitrogen and oxygen atoms in total. The summed E-state index contributed by atoms with van der Waals surface area (Å²) in [4.78, 5) is 29.7. The maximum Gasteiger partial charge on any atom is 0.239 e. The van der Waals surface area contributed by atoms with Gasteiger partial charge in [0.15, 0.2) is 0 Å². The molecule has 1 N–H and O–H groups in total. The molecule has 2 amide bonds. The third kappa shape index (κ3) is 3.78. The van der Waals surface area contributed by atoms with Crippen LogP contribution in [0.15, 0.2) is 18.2 Å². The minimum atomic E-state index is -1.08. The number of likely N-dealkylation sites (N-methyl/N-ethyl adjacent to an activating group) is 1. The average molecular weight is 331 g/mol. The van der Waals surface area contributed by atoms with Gasteiger partial charge in [0.2, 0.25) is 11.8 Å². The Labute approximate surface area is 145 Å². The number of aryl methyl sites for hydroxylation is 2. The Morgan fingerprint density at radius 2 is 1.79 bits per heavy atom. The average Bonchev–Trinajstić information content (AvgIpc) is 2.56. The van der Waals surface area contributed by atoms with Crippen molar-refractivity contribution in [1.82, 2.24) is 9.80 Å². The van der Waals surface area contributed by atoms with Crippen molar-refractivity contribution in [1.29, 1.82) is 0 Å². The van der Waals surface area contributed by atoms with E-state index in [0.29, 0.717) is 13.1 Å². The van der Waals surface area contributed by atoms with E-state index in [9.17, 15) is 9.59 Å². The number of benzene rings is 1. The first-order valence-corrected chi connectivity index (χ1v) is 8.65. The summed E-state index contributed by atoms with van der Waals surface area (Å²) in [6, 6.07) is 5.98. The summed E-state index contributed by atoms with van der Waals surface area (Å²) in [6.45, 7) is 10.5. The van der Waals surface area contributed by atoms with E-state index in [-0.39, 0.29) is 11.8 Å². The van der Waals surface area contributed by atoms with Crippen molar-refractivity contribution < 1.29 is 9.59 Å². The van der Waals surface area contributed by atoms with Crippen LogP contribution < -0.4 is 5.32 Å². The van der Waals surface area contributed by atoms with Gasteiger partial charge in [0.25, 0.3) is 0 Å².